The van der Waals surface area contributed by atoms with Crippen LogP contribution in [0.1, 0.15) is 22.0 Å². The minimum Gasteiger partial charge on any atom is -0.469 e. The van der Waals surface area contributed by atoms with Crippen molar-refractivity contribution in [1.29, 1.82) is 0 Å². The number of methoxy groups -OCH3 is 1. The topological polar surface area (TPSA) is 71.8 Å². The Morgan fingerprint density at radius 2 is 1.96 bits per heavy atom. The van der Waals surface area contributed by atoms with E-state index in [2.05, 4.69) is 15.0 Å². The van der Waals surface area contributed by atoms with Crippen LogP contribution in [0.3, 0.4) is 0 Å². The number of ketones is 1. The second-order valence-electron chi connectivity index (χ2n) is 6.01. The molecule has 1 aliphatic rings. The van der Waals surface area contributed by atoms with Crippen molar-refractivity contribution in [3.63, 3.8) is 0 Å². The molecule has 0 radical (unpaired) electrons. The SMILES string of the molecule is COC(=O)Nc1ccc(C(=O)C2CN(C)CC2c2ccco2)cc1. The third-order valence-corrected chi connectivity index (χ3v) is 4.35. The molecule has 126 valence electrons. The lowest BCUT2D eigenvalue weighted by atomic mass is 9.87. The first-order valence-corrected chi connectivity index (χ1v) is 7.79. The molecular weight excluding hydrogens is 308 g/mol. The maximum absolute atomic E-state index is 12.9. The standard InChI is InChI=1S/C18H20N2O4/c1-20-10-14(16-4-3-9-24-16)15(11-20)17(21)12-5-7-13(8-6-12)19-18(22)23-2/h3-9,14-15H,10-11H2,1-2H3,(H,19,22). The normalized spacial score (nSPS) is 20.8. The summed E-state index contributed by atoms with van der Waals surface area (Å²) < 4.78 is 10.1. The highest BCUT2D eigenvalue weighted by Crippen LogP contribution is 2.34. The molecule has 1 fully saturated rings. The van der Waals surface area contributed by atoms with Gasteiger partial charge in [0.2, 0.25) is 0 Å². The van der Waals surface area contributed by atoms with Crippen LogP contribution in [0.5, 0.6) is 0 Å². The number of benzene rings is 1. The van der Waals surface area contributed by atoms with E-state index >= 15 is 0 Å². The van der Waals surface area contributed by atoms with Gasteiger partial charge in [0.1, 0.15) is 5.76 Å². The number of likely N-dealkylation sites (tertiary alicyclic amines) is 1. The van der Waals surface area contributed by atoms with Crippen molar-refractivity contribution >= 4 is 17.6 Å². The maximum atomic E-state index is 12.9. The Kier molecular flexibility index (Phi) is 4.66. The predicted octanol–water partition coefficient (Wildman–Crippen LogP) is 2.99. The van der Waals surface area contributed by atoms with Gasteiger partial charge in [-0.2, -0.15) is 0 Å². The summed E-state index contributed by atoms with van der Waals surface area (Å²) in [4.78, 5) is 26.3. The summed E-state index contributed by atoms with van der Waals surface area (Å²) in [5, 5.41) is 2.57. The fourth-order valence-corrected chi connectivity index (χ4v) is 3.16. The quantitative estimate of drug-likeness (QED) is 0.874. The van der Waals surface area contributed by atoms with Crippen molar-refractivity contribution in [1.82, 2.24) is 4.90 Å². The van der Waals surface area contributed by atoms with Crippen molar-refractivity contribution in [2.45, 2.75) is 5.92 Å². The Labute approximate surface area is 140 Å². The van der Waals surface area contributed by atoms with E-state index in [9.17, 15) is 9.59 Å². The zero-order valence-electron chi connectivity index (χ0n) is 13.7. The molecule has 2 aromatic rings. The number of anilines is 1. The minimum absolute atomic E-state index is 0.0605. The Bertz CT molecular complexity index is 709. The number of amides is 1. The summed E-state index contributed by atoms with van der Waals surface area (Å²) in [6.45, 7) is 1.50. The smallest absolute Gasteiger partial charge is 0.411 e. The number of Topliss-reactive ketones (excluding diaryl/α,β-unsaturated/α-hetero) is 1. The molecule has 0 bridgehead atoms. The zero-order chi connectivity index (χ0) is 17.1. The Hall–Kier alpha value is -2.60. The number of rotatable bonds is 4. The molecule has 0 spiro atoms. The molecule has 6 nitrogen and oxygen atoms in total. The van der Waals surface area contributed by atoms with Crippen LogP contribution in [-0.2, 0) is 4.74 Å². The molecule has 2 heterocycles. The lowest BCUT2D eigenvalue weighted by Crippen LogP contribution is -2.22. The van der Waals surface area contributed by atoms with Crippen LogP contribution in [0.15, 0.2) is 47.1 Å². The van der Waals surface area contributed by atoms with E-state index in [4.69, 9.17) is 4.42 Å². The molecule has 6 heteroatoms. The summed E-state index contributed by atoms with van der Waals surface area (Å²) in [7, 11) is 3.31. The molecule has 1 aromatic carbocycles. The fourth-order valence-electron chi connectivity index (χ4n) is 3.16. The van der Waals surface area contributed by atoms with Crippen LogP contribution < -0.4 is 5.32 Å². The van der Waals surface area contributed by atoms with Gasteiger partial charge >= 0.3 is 6.09 Å². The van der Waals surface area contributed by atoms with E-state index in [1.807, 2.05) is 19.2 Å². The van der Waals surface area contributed by atoms with Crippen LogP contribution >= 0.6 is 0 Å². The van der Waals surface area contributed by atoms with Crippen LogP contribution in [0.2, 0.25) is 0 Å². The Morgan fingerprint density at radius 1 is 1.21 bits per heavy atom. The highest BCUT2D eigenvalue weighted by molar-refractivity contribution is 5.99. The van der Waals surface area contributed by atoms with Crippen molar-refractivity contribution < 1.29 is 18.7 Å². The van der Waals surface area contributed by atoms with E-state index in [-0.39, 0.29) is 17.6 Å². The number of nitrogens with one attached hydrogen (secondary N) is 1. The lowest BCUT2D eigenvalue weighted by molar-refractivity contribution is 0.0911. The molecule has 0 saturated carbocycles. The molecule has 2 unspecified atom stereocenters. The van der Waals surface area contributed by atoms with Crippen molar-refractivity contribution in [3.8, 4) is 0 Å². The number of carbonyl (C=O) groups excluding carboxylic acids is 2. The van der Waals surface area contributed by atoms with Gasteiger partial charge in [-0.25, -0.2) is 4.79 Å². The van der Waals surface area contributed by atoms with Gasteiger partial charge in [-0.05, 0) is 43.4 Å². The first-order valence-electron chi connectivity index (χ1n) is 7.79. The lowest BCUT2D eigenvalue weighted by Gasteiger charge is -2.15. The van der Waals surface area contributed by atoms with E-state index in [0.29, 0.717) is 17.8 Å². The number of carbonyl (C=O) groups is 2. The average Bonchev–Trinajstić information content (AvgIpc) is 3.24. The number of furan rings is 1. The highest BCUT2D eigenvalue weighted by Gasteiger charge is 2.38. The van der Waals surface area contributed by atoms with Gasteiger partial charge in [0.05, 0.1) is 13.4 Å². The van der Waals surface area contributed by atoms with Gasteiger partial charge in [0, 0.05) is 36.2 Å². The molecule has 3 rings (SSSR count). The Morgan fingerprint density at radius 3 is 2.58 bits per heavy atom. The van der Waals surface area contributed by atoms with Gasteiger partial charge in [0.15, 0.2) is 5.78 Å². The second-order valence-corrected chi connectivity index (χ2v) is 6.01. The van der Waals surface area contributed by atoms with Crippen LogP contribution in [0.4, 0.5) is 10.5 Å². The van der Waals surface area contributed by atoms with Crippen molar-refractivity contribution in [2.75, 3.05) is 32.6 Å². The third-order valence-electron chi connectivity index (χ3n) is 4.35. The van der Waals surface area contributed by atoms with E-state index < -0.39 is 6.09 Å². The predicted molar refractivity (Wildman–Crippen MR) is 89.2 cm³/mol. The number of hydrogen-bond donors (Lipinski definition) is 1. The van der Waals surface area contributed by atoms with E-state index in [0.717, 1.165) is 12.3 Å². The van der Waals surface area contributed by atoms with Gasteiger partial charge in [0.25, 0.3) is 0 Å². The molecule has 1 amide bonds. The monoisotopic (exact) mass is 328 g/mol. The molecule has 1 aromatic heterocycles. The number of ether oxygens (including phenoxy) is 1. The Balaban J connectivity index is 1.76. The van der Waals surface area contributed by atoms with Crippen LogP contribution in [0, 0.1) is 5.92 Å². The van der Waals surface area contributed by atoms with Crippen molar-refractivity contribution in [2.24, 2.45) is 5.92 Å². The first-order chi connectivity index (χ1) is 11.6. The zero-order valence-corrected chi connectivity index (χ0v) is 13.7. The third kappa shape index (κ3) is 3.33. The summed E-state index contributed by atoms with van der Waals surface area (Å²) in [5.41, 5.74) is 1.21. The van der Waals surface area contributed by atoms with Gasteiger partial charge in [-0.15, -0.1) is 0 Å². The largest absolute Gasteiger partial charge is 0.469 e. The van der Waals surface area contributed by atoms with E-state index in [1.165, 1.54) is 7.11 Å². The van der Waals surface area contributed by atoms with Gasteiger partial charge in [-0.1, -0.05) is 0 Å². The summed E-state index contributed by atoms with van der Waals surface area (Å²) >= 11 is 0. The molecule has 0 aliphatic carbocycles. The summed E-state index contributed by atoms with van der Waals surface area (Å²) in [5.74, 6) is 0.859. The molecule has 2 atom stereocenters. The number of nitrogens with zero attached hydrogens (tertiary/aromatic N) is 1. The molecule has 1 saturated heterocycles. The number of hydrogen-bond acceptors (Lipinski definition) is 5. The maximum Gasteiger partial charge on any atom is 0.411 e. The summed E-state index contributed by atoms with van der Waals surface area (Å²) in [6, 6.07) is 10.6. The fraction of sp³-hybridized carbons (Fsp3) is 0.333. The van der Waals surface area contributed by atoms with E-state index in [1.54, 1.807) is 30.5 Å². The molecule has 1 aliphatic heterocycles. The second kappa shape index (κ2) is 6.88. The molecular formula is C18H20N2O4. The highest BCUT2D eigenvalue weighted by atomic mass is 16.5. The van der Waals surface area contributed by atoms with Crippen molar-refractivity contribution in [3.05, 3.63) is 54.0 Å². The van der Waals surface area contributed by atoms with Crippen LogP contribution in [-0.4, -0.2) is 44.0 Å². The minimum atomic E-state index is -0.538. The van der Waals surface area contributed by atoms with Gasteiger partial charge < -0.3 is 14.1 Å². The first kappa shape index (κ1) is 16.3. The molecule has 24 heavy (non-hydrogen) atoms. The molecule has 1 N–H and O–H groups in total. The van der Waals surface area contributed by atoms with Gasteiger partial charge in [-0.3, -0.25) is 10.1 Å². The van der Waals surface area contributed by atoms with Crippen LogP contribution in [0.25, 0.3) is 0 Å². The summed E-state index contributed by atoms with van der Waals surface area (Å²) in [6.07, 6.45) is 1.10. The number of likely N-dealkylation sites (N-methyl/N-ethyl adjacent to an activating group) is 1. The average molecular weight is 328 g/mol.